The summed E-state index contributed by atoms with van der Waals surface area (Å²) in [4.78, 5) is 38.4. The minimum atomic E-state index is -0.462. The van der Waals surface area contributed by atoms with E-state index in [0.29, 0.717) is 5.82 Å². The standard InChI is InChI=1S/C11H12N2O4/c1-17-11(16)7-4-10(15)13(6-7)9-5-8(14)2-3-12-9/h2-3,5,7H,4,6H2,1H3,(H,12,14). The van der Waals surface area contributed by atoms with Crippen molar-refractivity contribution in [2.75, 3.05) is 18.6 Å². The third-order valence-corrected chi connectivity index (χ3v) is 2.71. The molecule has 1 saturated heterocycles. The quantitative estimate of drug-likeness (QED) is 0.727. The Morgan fingerprint density at radius 1 is 1.53 bits per heavy atom. The lowest BCUT2D eigenvalue weighted by atomic mass is 10.1. The van der Waals surface area contributed by atoms with Crippen molar-refractivity contribution in [1.29, 1.82) is 0 Å². The Balaban J connectivity index is 2.21. The number of carbonyl (C=O) groups excluding carboxylic acids is 2. The highest BCUT2D eigenvalue weighted by Crippen LogP contribution is 2.23. The molecule has 1 amide bonds. The molecule has 0 radical (unpaired) electrons. The number of aromatic nitrogens is 1. The lowest BCUT2D eigenvalue weighted by Gasteiger charge is -2.15. The number of pyridine rings is 1. The van der Waals surface area contributed by atoms with Gasteiger partial charge in [-0.15, -0.1) is 0 Å². The molecule has 0 aliphatic carbocycles. The lowest BCUT2D eigenvalue weighted by molar-refractivity contribution is -0.145. The first-order valence-electron chi connectivity index (χ1n) is 5.18. The van der Waals surface area contributed by atoms with Crippen molar-refractivity contribution >= 4 is 17.7 Å². The van der Waals surface area contributed by atoms with Crippen molar-refractivity contribution in [3.8, 4) is 0 Å². The normalized spacial score (nSPS) is 19.5. The molecule has 1 unspecified atom stereocenters. The molecule has 2 rings (SSSR count). The van der Waals surface area contributed by atoms with Crippen LogP contribution in [0, 0.1) is 5.92 Å². The van der Waals surface area contributed by atoms with Crippen molar-refractivity contribution < 1.29 is 14.3 Å². The van der Waals surface area contributed by atoms with Gasteiger partial charge in [-0.05, 0) is 0 Å². The molecule has 0 bridgehead atoms. The van der Waals surface area contributed by atoms with E-state index in [2.05, 4.69) is 9.72 Å². The minimum absolute atomic E-state index is 0.115. The molecule has 2 heterocycles. The molecular formula is C11H12N2O4. The van der Waals surface area contributed by atoms with Gasteiger partial charge in [0.2, 0.25) is 5.91 Å². The van der Waals surface area contributed by atoms with Crippen LogP contribution in [0.25, 0.3) is 0 Å². The summed E-state index contributed by atoms with van der Waals surface area (Å²) in [6.45, 7) is 0.242. The third-order valence-electron chi connectivity index (χ3n) is 2.71. The van der Waals surface area contributed by atoms with Crippen molar-refractivity contribution in [2.45, 2.75) is 6.42 Å². The largest absolute Gasteiger partial charge is 0.469 e. The fourth-order valence-electron chi connectivity index (χ4n) is 1.85. The second kappa shape index (κ2) is 4.40. The molecule has 0 saturated carbocycles. The predicted octanol–water partition coefficient (Wildman–Crippen LogP) is -0.0992. The number of esters is 1. The van der Waals surface area contributed by atoms with E-state index < -0.39 is 11.9 Å². The molecule has 1 aliphatic heterocycles. The van der Waals surface area contributed by atoms with E-state index in [9.17, 15) is 14.4 Å². The number of amides is 1. The van der Waals surface area contributed by atoms with Crippen LogP contribution >= 0.6 is 0 Å². The zero-order chi connectivity index (χ0) is 12.4. The molecule has 1 atom stereocenters. The molecule has 90 valence electrons. The van der Waals surface area contributed by atoms with Crippen LogP contribution in [0.3, 0.4) is 0 Å². The fourth-order valence-corrected chi connectivity index (χ4v) is 1.85. The Labute approximate surface area is 97.2 Å². The van der Waals surface area contributed by atoms with Gasteiger partial charge in [0.05, 0.1) is 13.0 Å². The maximum Gasteiger partial charge on any atom is 0.311 e. The van der Waals surface area contributed by atoms with E-state index in [-0.39, 0.29) is 24.3 Å². The average Bonchev–Trinajstić information content (AvgIpc) is 2.70. The summed E-state index contributed by atoms with van der Waals surface area (Å²) in [7, 11) is 1.29. The van der Waals surface area contributed by atoms with Gasteiger partial charge in [0.1, 0.15) is 5.82 Å². The summed E-state index contributed by atoms with van der Waals surface area (Å²) >= 11 is 0. The number of methoxy groups -OCH3 is 1. The Morgan fingerprint density at radius 2 is 2.29 bits per heavy atom. The molecule has 1 aromatic heterocycles. The monoisotopic (exact) mass is 236 g/mol. The highest BCUT2D eigenvalue weighted by molar-refractivity contribution is 5.98. The average molecular weight is 236 g/mol. The maximum atomic E-state index is 11.7. The number of nitrogens with one attached hydrogen (secondary N) is 1. The number of rotatable bonds is 2. The molecule has 1 fully saturated rings. The van der Waals surface area contributed by atoms with Gasteiger partial charge in [0.15, 0.2) is 5.43 Å². The van der Waals surface area contributed by atoms with Gasteiger partial charge in [0, 0.05) is 31.3 Å². The Morgan fingerprint density at radius 3 is 2.94 bits per heavy atom. The summed E-state index contributed by atoms with van der Waals surface area (Å²) in [5.41, 5.74) is -0.187. The molecule has 1 aromatic rings. The molecule has 6 heteroatoms. The highest BCUT2D eigenvalue weighted by Gasteiger charge is 2.36. The van der Waals surface area contributed by atoms with Crippen molar-refractivity contribution in [3.63, 3.8) is 0 Å². The number of nitrogens with zero attached hydrogens (tertiary/aromatic N) is 1. The Bertz CT molecular complexity index is 508. The topological polar surface area (TPSA) is 79.5 Å². The highest BCUT2D eigenvalue weighted by atomic mass is 16.5. The van der Waals surface area contributed by atoms with Crippen molar-refractivity contribution in [3.05, 3.63) is 28.6 Å². The van der Waals surface area contributed by atoms with E-state index >= 15 is 0 Å². The summed E-state index contributed by atoms with van der Waals surface area (Å²) in [5, 5.41) is 0. The molecule has 6 nitrogen and oxygen atoms in total. The smallest absolute Gasteiger partial charge is 0.311 e. The van der Waals surface area contributed by atoms with Crippen molar-refractivity contribution in [1.82, 2.24) is 4.98 Å². The van der Waals surface area contributed by atoms with E-state index in [1.165, 1.54) is 30.3 Å². The van der Waals surface area contributed by atoms with E-state index in [4.69, 9.17) is 0 Å². The van der Waals surface area contributed by atoms with Gasteiger partial charge < -0.3 is 9.72 Å². The van der Waals surface area contributed by atoms with Crippen LogP contribution in [0.5, 0.6) is 0 Å². The second-order valence-electron chi connectivity index (χ2n) is 3.84. The summed E-state index contributed by atoms with van der Waals surface area (Å²) < 4.78 is 4.60. The van der Waals surface area contributed by atoms with Gasteiger partial charge in [-0.25, -0.2) is 0 Å². The first-order chi connectivity index (χ1) is 8.11. The van der Waals surface area contributed by atoms with Crippen LogP contribution in [0.2, 0.25) is 0 Å². The molecule has 1 N–H and O–H groups in total. The number of ether oxygens (including phenoxy) is 1. The Kier molecular flexibility index (Phi) is 2.95. The lowest BCUT2D eigenvalue weighted by Crippen LogP contribution is -2.27. The minimum Gasteiger partial charge on any atom is -0.469 e. The van der Waals surface area contributed by atoms with E-state index in [1.54, 1.807) is 0 Å². The molecule has 0 spiro atoms. The SMILES string of the molecule is COC(=O)C1CC(=O)N(c2cc(=O)cc[nH]2)C1. The first kappa shape index (κ1) is 11.4. The molecule has 1 aliphatic rings. The molecule has 0 aromatic carbocycles. The van der Waals surface area contributed by atoms with Gasteiger partial charge >= 0.3 is 5.97 Å². The Hall–Kier alpha value is -2.11. The van der Waals surface area contributed by atoms with Crippen LogP contribution in [-0.2, 0) is 14.3 Å². The summed E-state index contributed by atoms with van der Waals surface area (Å²) in [5.74, 6) is -0.647. The van der Waals surface area contributed by atoms with E-state index in [0.717, 1.165) is 0 Å². The summed E-state index contributed by atoms with van der Waals surface area (Å²) in [6.07, 6.45) is 1.58. The fraction of sp³-hybridized carbons (Fsp3) is 0.364. The van der Waals surface area contributed by atoms with Gasteiger partial charge in [0.25, 0.3) is 0 Å². The number of carbonyl (C=O) groups is 2. The zero-order valence-electron chi connectivity index (χ0n) is 9.30. The molecule has 17 heavy (non-hydrogen) atoms. The first-order valence-corrected chi connectivity index (χ1v) is 5.18. The van der Waals surface area contributed by atoms with Gasteiger partial charge in [-0.2, -0.15) is 0 Å². The number of aromatic amines is 1. The second-order valence-corrected chi connectivity index (χ2v) is 3.84. The third kappa shape index (κ3) is 2.20. The molecular weight excluding hydrogens is 224 g/mol. The van der Waals surface area contributed by atoms with Crippen LogP contribution < -0.4 is 10.3 Å². The maximum absolute atomic E-state index is 11.7. The number of hydrogen-bond acceptors (Lipinski definition) is 4. The van der Waals surface area contributed by atoms with Crippen molar-refractivity contribution in [2.24, 2.45) is 5.92 Å². The van der Waals surface area contributed by atoms with Crippen LogP contribution in [0.1, 0.15) is 6.42 Å². The number of hydrogen-bond donors (Lipinski definition) is 1. The number of anilines is 1. The summed E-state index contributed by atoms with van der Waals surface area (Å²) in [6, 6.07) is 2.69. The van der Waals surface area contributed by atoms with Gasteiger partial charge in [-0.1, -0.05) is 0 Å². The van der Waals surface area contributed by atoms with Crippen LogP contribution in [0.4, 0.5) is 5.82 Å². The zero-order valence-corrected chi connectivity index (χ0v) is 9.30. The van der Waals surface area contributed by atoms with E-state index in [1.807, 2.05) is 0 Å². The number of H-pyrrole nitrogens is 1. The van der Waals surface area contributed by atoms with Crippen LogP contribution in [-0.4, -0.2) is 30.5 Å². The van der Waals surface area contributed by atoms with Gasteiger partial charge in [-0.3, -0.25) is 19.3 Å². The predicted molar refractivity (Wildman–Crippen MR) is 59.5 cm³/mol. The van der Waals surface area contributed by atoms with Crippen LogP contribution in [0.15, 0.2) is 23.1 Å².